The number of nitrogens with zero attached hydrogens (tertiary/aromatic N) is 2. The minimum Gasteiger partial charge on any atom is -0.472 e. The number of likely N-dealkylation sites (N-methyl/N-ethyl adjacent to an activating group) is 1. The normalized spacial score (nSPS) is 12.8. The van der Waals surface area contributed by atoms with E-state index in [1.54, 1.807) is 12.5 Å². The second-order valence-corrected chi connectivity index (χ2v) is 3.89. The van der Waals surface area contributed by atoms with Crippen molar-refractivity contribution in [2.45, 2.75) is 32.7 Å². The Morgan fingerprint density at radius 1 is 1.41 bits per heavy atom. The summed E-state index contributed by atoms with van der Waals surface area (Å²) < 4.78 is 10.2. The summed E-state index contributed by atoms with van der Waals surface area (Å²) in [4.78, 5) is 4.34. The Labute approximate surface area is 100 Å². The third-order valence-corrected chi connectivity index (χ3v) is 2.65. The molecule has 0 amide bonds. The van der Waals surface area contributed by atoms with Crippen molar-refractivity contribution in [1.29, 1.82) is 0 Å². The molecular weight excluding hydrogens is 218 g/mol. The molecule has 17 heavy (non-hydrogen) atoms. The van der Waals surface area contributed by atoms with E-state index in [-0.39, 0.29) is 0 Å². The number of nitrogens with one attached hydrogen (secondary N) is 1. The lowest BCUT2D eigenvalue weighted by atomic mass is 10.1. The Bertz CT molecular complexity index is 436. The molecule has 0 saturated heterocycles. The van der Waals surface area contributed by atoms with Crippen molar-refractivity contribution in [3.05, 3.63) is 24.5 Å². The minimum atomic E-state index is 0.387. The summed E-state index contributed by atoms with van der Waals surface area (Å²) in [6, 6.07) is 2.20. The first-order valence-corrected chi connectivity index (χ1v) is 5.92. The van der Waals surface area contributed by atoms with Gasteiger partial charge < -0.3 is 14.3 Å². The van der Waals surface area contributed by atoms with E-state index < -0.39 is 0 Å². The quantitative estimate of drug-likeness (QED) is 0.832. The van der Waals surface area contributed by atoms with Crippen LogP contribution in [0.4, 0.5) is 0 Å². The predicted octanol–water partition coefficient (Wildman–Crippen LogP) is 2.26. The topological polar surface area (TPSA) is 64.1 Å². The van der Waals surface area contributed by atoms with Crippen molar-refractivity contribution in [2.24, 2.45) is 0 Å². The maximum absolute atomic E-state index is 5.22. The highest BCUT2D eigenvalue weighted by atomic mass is 16.5. The van der Waals surface area contributed by atoms with Crippen LogP contribution in [0.3, 0.4) is 0 Å². The standard InChI is InChI=1S/C12H17N3O2/c1-3-10(13-4-2)7-11-14-12(15-17-11)9-5-6-16-8-9/h5-6,8,10,13H,3-4,7H2,1-2H3. The average molecular weight is 235 g/mol. The highest BCUT2D eigenvalue weighted by molar-refractivity contribution is 5.51. The first-order valence-electron chi connectivity index (χ1n) is 5.92. The minimum absolute atomic E-state index is 0.387. The summed E-state index contributed by atoms with van der Waals surface area (Å²) in [5.41, 5.74) is 0.844. The largest absolute Gasteiger partial charge is 0.472 e. The van der Waals surface area contributed by atoms with Gasteiger partial charge in [-0.1, -0.05) is 19.0 Å². The summed E-state index contributed by atoms with van der Waals surface area (Å²) in [6.45, 7) is 5.18. The third-order valence-electron chi connectivity index (χ3n) is 2.65. The molecule has 2 rings (SSSR count). The molecular formula is C12H17N3O2. The van der Waals surface area contributed by atoms with Crippen molar-refractivity contribution < 1.29 is 8.94 Å². The van der Waals surface area contributed by atoms with Crippen LogP contribution >= 0.6 is 0 Å². The lowest BCUT2D eigenvalue weighted by molar-refractivity contribution is 0.355. The first kappa shape index (κ1) is 11.9. The Kier molecular flexibility index (Phi) is 3.93. The van der Waals surface area contributed by atoms with E-state index in [1.807, 2.05) is 6.07 Å². The smallest absolute Gasteiger partial charge is 0.228 e. The molecule has 0 saturated carbocycles. The van der Waals surface area contributed by atoms with Crippen LogP contribution in [-0.4, -0.2) is 22.7 Å². The zero-order valence-corrected chi connectivity index (χ0v) is 10.1. The zero-order chi connectivity index (χ0) is 12.1. The van der Waals surface area contributed by atoms with E-state index in [0.29, 0.717) is 17.8 Å². The van der Waals surface area contributed by atoms with E-state index in [9.17, 15) is 0 Å². The molecule has 0 radical (unpaired) electrons. The van der Waals surface area contributed by atoms with Crippen molar-refractivity contribution in [1.82, 2.24) is 15.5 Å². The molecule has 92 valence electrons. The average Bonchev–Trinajstić information content (AvgIpc) is 2.98. The van der Waals surface area contributed by atoms with E-state index >= 15 is 0 Å². The molecule has 2 heterocycles. The van der Waals surface area contributed by atoms with Crippen molar-refractivity contribution in [3.8, 4) is 11.4 Å². The fraction of sp³-hybridized carbons (Fsp3) is 0.500. The highest BCUT2D eigenvalue weighted by Crippen LogP contribution is 2.16. The van der Waals surface area contributed by atoms with Crippen LogP contribution in [0.25, 0.3) is 11.4 Å². The Balaban J connectivity index is 2.03. The van der Waals surface area contributed by atoms with E-state index in [4.69, 9.17) is 8.94 Å². The SMILES string of the molecule is CCNC(CC)Cc1nc(-c2ccoc2)no1. The van der Waals surface area contributed by atoms with Gasteiger partial charge in [-0.05, 0) is 19.0 Å². The summed E-state index contributed by atoms with van der Waals surface area (Å²) in [5.74, 6) is 1.24. The second-order valence-electron chi connectivity index (χ2n) is 3.89. The van der Waals surface area contributed by atoms with Gasteiger partial charge >= 0.3 is 0 Å². The van der Waals surface area contributed by atoms with Crippen LogP contribution < -0.4 is 5.32 Å². The summed E-state index contributed by atoms with van der Waals surface area (Å²) in [5, 5.41) is 7.31. The van der Waals surface area contributed by atoms with Gasteiger partial charge in [0.15, 0.2) is 0 Å². The number of rotatable bonds is 6. The van der Waals surface area contributed by atoms with E-state index in [2.05, 4.69) is 29.3 Å². The number of hydrogen-bond acceptors (Lipinski definition) is 5. The van der Waals surface area contributed by atoms with Gasteiger partial charge in [-0.25, -0.2) is 0 Å². The zero-order valence-electron chi connectivity index (χ0n) is 10.1. The molecule has 0 fully saturated rings. The summed E-state index contributed by atoms with van der Waals surface area (Å²) in [6.07, 6.45) is 5.00. The number of aromatic nitrogens is 2. The number of hydrogen-bond donors (Lipinski definition) is 1. The van der Waals surface area contributed by atoms with Gasteiger partial charge in [0.1, 0.15) is 6.26 Å². The van der Waals surface area contributed by atoms with Crippen LogP contribution in [-0.2, 0) is 6.42 Å². The van der Waals surface area contributed by atoms with Crippen molar-refractivity contribution in [3.63, 3.8) is 0 Å². The van der Waals surface area contributed by atoms with E-state index in [0.717, 1.165) is 24.9 Å². The predicted molar refractivity (Wildman–Crippen MR) is 63.5 cm³/mol. The Morgan fingerprint density at radius 2 is 2.29 bits per heavy atom. The summed E-state index contributed by atoms with van der Waals surface area (Å²) >= 11 is 0. The first-order chi connectivity index (χ1) is 8.33. The van der Waals surface area contributed by atoms with E-state index in [1.165, 1.54) is 0 Å². The van der Waals surface area contributed by atoms with Crippen molar-refractivity contribution >= 4 is 0 Å². The van der Waals surface area contributed by atoms with Gasteiger partial charge in [-0.3, -0.25) is 0 Å². The maximum Gasteiger partial charge on any atom is 0.228 e. The lowest BCUT2D eigenvalue weighted by Crippen LogP contribution is -2.30. The molecule has 5 nitrogen and oxygen atoms in total. The van der Waals surface area contributed by atoms with Gasteiger partial charge in [0.2, 0.25) is 11.7 Å². The van der Waals surface area contributed by atoms with Gasteiger partial charge in [0, 0.05) is 12.5 Å². The molecule has 1 atom stereocenters. The Morgan fingerprint density at radius 3 is 2.94 bits per heavy atom. The Hall–Kier alpha value is -1.62. The monoisotopic (exact) mass is 235 g/mol. The molecule has 2 aromatic heterocycles. The lowest BCUT2D eigenvalue weighted by Gasteiger charge is -2.12. The van der Waals surface area contributed by atoms with Crippen LogP contribution in [0.1, 0.15) is 26.2 Å². The third kappa shape index (κ3) is 2.94. The summed E-state index contributed by atoms with van der Waals surface area (Å²) in [7, 11) is 0. The van der Waals surface area contributed by atoms with Crippen LogP contribution in [0.2, 0.25) is 0 Å². The molecule has 0 spiro atoms. The highest BCUT2D eigenvalue weighted by Gasteiger charge is 2.13. The van der Waals surface area contributed by atoms with Gasteiger partial charge in [-0.2, -0.15) is 4.98 Å². The molecule has 0 bridgehead atoms. The molecule has 5 heteroatoms. The molecule has 0 aromatic carbocycles. The number of furan rings is 1. The fourth-order valence-electron chi connectivity index (χ4n) is 1.71. The molecule has 2 aromatic rings. The van der Waals surface area contributed by atoms with Crippen LogP contribution in [0.15, 0.2) is 27.5 Å². The van der Waals surface area contributed by atoms with Crippen molar-refractivity contribution in [2.75, 3.05) is 6.54 Å². The maximum atomic E-state index is 5.22. The molecule has 1 N–H and O–H groups in total. The van der Waals surface area contributed by atoms with Gasteiger partial charge in [0.25, 0.3) is 0 Å². The van der Waals surface area contributed by atoms with Gasteiger partial charge in [0.05, 0.1) is 11.8 Å². The second kappa shape index (κ2) is 5.63. The molecule has 1 unspecified atom stereocenters. The van der Waals surface area contributed by atoms with Crippen LogP contribution in [0.5, 0.6) is 0 Å². The van der Waals surface area contributed by atoms with Gasteiger partial charge in [-0.15, -0.1) is 0 Å². The fourth-order valence-corrected chi connectivity index (χ4v) is 1.71. The molecule has 0 aliphatic heterocycles. The van der Waals surface area contributed by atoms with Crippen LogP contribution in [0, 0.1) is 0 Å². The molecule has 0 aliphatic rings. The molecule has 0 aliphatic carbocycles.